The SMILES string of the molecule is COC(=O)C1=NN2CCc3ccccc3[C@@H]2[C@H]1C(=O)OC. The molecule has 21 heavy (non-hydrogen) atoms. The van der Waals surface area contributed by atoms with Crippen molar-refractivity contribution in [2.24, 2.45) is 11.0 Å². The lowest BCUT2D eigenvalue weighted by atomic mass is 9.84. The van der Waals surface area contributed by atoms with Crippen LogP contribution < -0.4 is 0 Å². The molecule has 0 fully saturated rings. The molecule has 0 N–H and O–H groups in total. The molecule has 2 aliphatic rings. The largest absolute Gasteiger partial charge is 0.468 e. The van der Waals surface area contributed by atoms with Crippen molar-refractivity contribution in [3.8, 4) is 0 Å². The minimum Gasteiger partial charge on any atom is -0.468 e. The second-order valence-electron chi connectivity index (χ2n) is 5.03. The molecule has 0 saturated carbocycles. The highest BCUT2D eigenvalue weighted by molar-refractivity contribution is 6.41. The molecule has 0 bridgehead atoms. The van der Waals surface area contributed by atoms with Gasteiger partial charge in [0.15, 0.2) is 5.71 Å². The Balaban J connectivity index is 2.07. The predicted octanol–water partition coefficient (Wildman–Crippen LogP) is 0.918. The first kappa shape index (κ1) is 13.6. The summed E-state index contributed by atoms with van der Waals surface area (Å²) in [5.74, 6) is -1.80. The van der Waals surface area contributed by atoms with E-state index in [9.17, 15) is 9.59 Å². The van der Waals surface area contributed by atoms with Gasteiger partial charge in [-0.2, -0.15) is 5.10 Å². The smallest absolute Gasteiger partial charge is 0.355 e. The summed E-state index contributed by atoms with van der Waals surface area (Å²) in [6, 6.07) is 7.61. The lowest BCUT2D eigenvalue weighted by Gasteiger charge is -2.33. The van der Waals surface area contributed by atoms with Gasteiger partial charge in [0.2, 0.25) is 0 Å². The number of hydrazone groups is 1. The van der Waals surface area contributed by atoms with E-state index in [1.807, 2.05) is 24.3 Å². The summed E-state index contributed by atoms with van der Waals surface area (Å²) in [6.07, 6.45) is 0.832. The van der Waals surface area contributed by atoms with Gasteiger partial charge in [0, 0.05) is 6.54 Å². The molecule has 0 amide bonds. The first-order valence-corrected chi connectivity index (χ1v) is 6.76. The Hall–Kier alpha value is -2.37. The number of hydrogen-bond donors (Lipinski definition) is 0. The van der Waals surface area contributed by atoms with E-state index < -0.39 is 17.9 Å². The monoisotopic (exact) mass is 288 g/mol. The van der Waals surface area contributed by atoms with Crippen LogP contribution in [0.2, 0.25) is 0 Å². The lowest BCUT2D eigenvalue weighted by Crippen LogP contribution is -2.38. The number of esters is 2. The molecule has 1 aromatic carbocycles. The van der Waals surface area contributed by atoms with E-state index in [1.54, 1.807) is 5.01 Å². The summed E-state index contributed by atoms with van der Waals surface area (Å²) < 4.78 is 9.62. The zero-order valence-electron chi connectivity index (χ0n) is 11.9. The summed E-state index contributed by atoms with van der Waals surface area (Å²) in [6.45, 7) is 0.662. The molecule has 110 valence electrons. The summed E-state index contributed by atoms with van der Waals surface area (Å²) in [5, 5.41) is 6.09. The van der Waals surface area contributed by atoms with Crippen molar-refractivity contribution in [3.63, 3.8) is 0 Å². The zero-order valence-corrected chi connectivity index (χ0v) is 11.9. The fourth-order valence-electron chi connectivity index (χ4n) is 3.04. The standard InChI is InChI=1S/C15H16N2O4/c1-20-14(18)11-12(15(19)21-2)16-17-8-7-9-5-3-4-6-10(9)13(11)17/h3-6,11,13H,7-8H2,1-2H3/t11-,13+/m0/s1. The number of ether oxygens (including phenoxy) is 2. The quantitative estimate of drug-likeness (QED) is 0.757. The van der Waals surface area contributed by atoms with Crippen LogP contribution in [0.1, 0.15) is 17.2 Å². The minimum atomic E-state index is -0.746. The van der Waals surface area contributed by atoms with E-state index in [4.69, 9.17) is 9.47 Å². The number of carbonyl (C=O) groups is 2. The maximum absolute atomic E-state index is 12.2. The maximum atomic E-state index is 12.2. The van der Waals surface area contributed by atoms with Crippen LogP contribution in [0.4, 0.5) is 0 Å². The van der Waals surface area contributed by atoms with Crippen LogP contribution in [0.25, 0.3) is 0 Å². The Kier molecular flexibility index (Phi) is 3.37. The molecule has 3 rings (SSSR count). The molecule has 0 aliphatic carbocycles. The van der Waals surface area contributed by atoms with Gasteiger partial charge in [-0.3, -0.25) is 9.80 Å². The van der Waals surface area contributed by atoms with Crippen molar-refractivity contribution in [3.05, 3.63) is 35.4 Å². The third-order valence-corrected chi connectivity index (χ3v) is 4.00. The molecule has 0 saturated heterocycles. The number of benzene rings is 1. The van der Waals surface area contributed by atoms with Crippen LogP contribution in [-0.4, -0.2) is 43.4 Å². The van der Waals surface area contributed by atoms with Crippen molar-refractivity contribution >= 4 is 17.7 Å². The molecule has 2 atom stereocenters. The second kappa shape index (κ2) is 5.20. The average Bonchev–Trinajstić information content (AvgIpc) is 2.93. The molecule has 0 aromatic heterocycles. The highest BCUT2D eigenvalue weighted by Crippen LogP contribution is 2.41. The molecular weight excluding hydrogens is 272 g/mol. The van der Waals surface area contributed by atoms with Crippen LogP contribution in [0, 0.1) is 5.92 Å². The Morgan fingerprint density at radius 1 is 1.24 bits per heavy atom. The van der Waals surface area contributed by atoms with Crippen molar-refractivity contribution in [1.82, 2.24) is 5.01 Å². The van der Waals surface area contributed by atoms with Gasteiger partial charge in [0.05, 0.1) is 20.3 Å². The van der Waals surface area contributed by atoms with E-state index in [2.05, 4.69) is 5.10 Å². The van der Waals surface area contributed by atoms with Crippen LogP contribution in [0.5, 0.6) is 0 Å². The predicted molar refractivity (Wildman–Crippen MR) is 74.6 cm³/mol. The van der Waals surface area contributed by atoms with Crippen molar-refractivity contribution in [2.45, 2.75) is 12.5 Å². The van der Waals surface area contributed by atoms with Crippen molar-refractivity contribution in [1.29, 1.82) is 0 Å². The van der Waals surface area contributed by atoms with Gasteiger partial charge in [-0.15, -0.1) is 0 Å². The third kappa shape index (κ3) is 2.07. The lowest BCUT2D eigenvalue weighted by molar-refractivity contribution is -0.145. The van der Waals surface area contributed by atoms with Gasteiger partial charge in [-0.05, 0) is 17.5 Å². The van der Waals surface area contributed by atoms with Crippen molar-refractivity contribution < 1.29 is 19.1 Å². The first-order chi connectivity index (χ1) is 10.2. The number of nitrogens with zero attached hydrogens (tertiary/aromatic N) is 2. The normalized spacial score (nSPS) is 23.0. The summed E-state index contributed by atoms with van der Waals surface area (Å²) >= 11 is 0. The van der Waals surface area contributed by atoms with Crippen molar-refractivity contribution in [2.75, 3.05) is 20.8 Å². The zero-order chi connectivity index (χ0) is 15.0. The summed E-state index contributed by atoms with van der Waals surface area (Å²) in [4.78, 5) is 24.1. The van der Waals surface area contributed by atoms with Gasteiger partial charge in [0.1, 0.15) is 5.92 Å². The van der Waals surface area contributed by atoms with Gasteiger partial charge in [0.25, 0.3) is 0 Å². The van der Waals surface area contributed by atoms with Gasteiger partial charge >= 0.3 is 11.9 Å². The fourth-order valence-corrected chi connectivity index (χ4v) is 3.04. The van der Waals surface area contributed by atoms with Crippen LogP contribution >= 0.6 is 0 Å². The van der Waals surface area contributed by atoms with Gasteiger partial charge in [-0.25, -0.2) is 4.79 Å². The summed E-state index contributed by atoms with van der Waals surface area (Å²) in [7, 11) is 2.60. The van der Waals surface area contributed by atoms with Crippen LogP contribution in [0.15, 0.2) is 29.4 Å². The Morgan fingerprint density at radius 2 is 2.00 bits per heavy atom. The van der Waals surface area contributed by atoms with E-state index in [1.165, 1.54) is 19.8 Å². The highest BCUT2D eigenvalue weighted by atomic mass is 16.5. The van der Waals surface area contributed by atoms with Gasteiger partial charge < -0.3 is 9.47 Å². The molecule has 0 radical (unpaired) electrons. The van der Waals surface area contributed by atoms with Gasteiger partial charge in [-0.1, -0.05) is 24.3 Å². The molecular formula is C15H16N2O4. The molecule has 2 aliphatic heterocycles. The Bertz CT molecular complexity index is 626. The topological polar surface area (TPSA) is 68.2 Å². The highest BCUT2D eigenvalue weighted by Gasteiger charge is 2.48. The van der Waals surface area contributed by atoms with Crippen LogP contribution in [-0.2, 0) is 25.5 Å². The van der Waals surface area contributed by atoms with E-state index >= 15 is 0 Å². The fraction of sp³-hybridized carbons (Fsp3) is 0.400. The second-order valence-corrected chi connectivity index (χ2v) is 5.03. The maximum Gasteiger partial charge on any atom is 0.355 e. The average molecular weight is 288 g/mol. The Labute approximate surface area is 122 Å². The molecule has 2 heterocycles. The molecule has 0 unspecified atom stereocenters. The van der Waals surface area contributed by atoms with E-state index in [-0.39, 0.29) is 11.8 Å². The molecule has 6 heteroatoms. The summed E-state index contributed by atoms with van der Waals surface area (Å²) in [5.41, 5.74) is 2.31. The molecule has 1 aromatic rings. The number of hydrogen-bond acceptors (Lipinski definition) is 6. The number of methoxy groups -OCH3 is 2. The van der Waals surface area contributed by atoms with Crippen LogP contribution in [0.3, 0.4) is 0 Å². The minimum absolute atomic E-state index is 0.117. The van der Waals surface area contributed by atoms with E-state index in [0.717, 1.165) is 12.0 Å². The number of fused-ring (bicyclic) bond motifs is 3. The number of rotatable bonds is 2. The van der Waals surface area contributed by atoms with E-state index in [0.29, 0.717) is 6.54 Å². The first-order valence-electron chi connectivity index (χ1n) is 6.76. The number of carbonyl (C=O) groups excluding carboxylic acids is 2. The third-order valence-electron chi connectivity index (χ3n) is 4.00. The molecule has 6 nitrogen and oxygen atoms in total. The Morgan fingerprint density at radius 3 is 2.71 bits per heavy atom. The molecule has 0 spiro atoms.